The predicted octanol–water partition coefficient (Wildman–Crippen LogP) is 1.28. The maximum atomic E-state index is 11.3. The zero-order chi connectivity index (χ0) is 11.6. The minimum absolute atomic E-state index is 0.204. The summed E-state index contributed by atoms with van der Waals surface area (Å²) in [5.41, 5.74) is 6.75. The lowest BCUT2D eigenvalue weighted by atomic mass is 9.96. The zero-order valence-corrected chi connectivity index (χ0v) is 9.23. The summed E-state index contributed by atoms with van der Waals surface area (Å²) in [5.74, 6) is -0.317. The molecule has 0 spiro atoms. The molecule has 1 aromatic rings. The number of hydrogen-bond acceptors (Lipinski definition) is 4. The van der Waals surface area contributed by atoms with Crippen LogP contribution >= 0.6 is 0 Å². The lowest BCUT2D eigenvalue weighted by Crippen LogP contribution is -2.48. The van der Waals surface area contributed by atoms with Gasteiger partial charge in [0.15, 0.2) is 0 Å². The second-order valence-corrected chi connectivity index (χ2v) is 3.87. The number of esters is 1. The van der Waals surface area contributed by atoms with Crippen LogP contribution in [0.5, 0.6) is 0 Å². The Bertz CT molecular complexity index is 405. The van der Waals surface area contributed by atoms with Crippen molar-refractivity contribution < 1.29 is 14.3 Å². The molecule has 4 nitrogen and oxygen atoms in total. The average Bonchev–Trinajstić information content (AvgIpc) is 2.29. The minimum Gasteiger partial charge on any atom is -0.437 e. The third-order valence-corrected chi connectivity index (χ3v) is 2.63. The molecule has 0 fully saturated rings. The second kappa shape index (κ2) is 4.23. The molecule has 1 aromatic carbocycles. The molecule has 0 aromatic heterocycles. The topological polar surface area (TPSA) is 61.5 Å². The molecule has 0 radical (unpaired) electrons. The molecule has 0 saturated carbocycles. The smallest absolute Gasteiger partial charge is 0.307 e. The Balaban J connectivity index is 2.32. The number of benzene rings is 1. The van der Waals surface area contributed by atoms with E-state index in [0.717, 1.165) is 11.1 Å². The highest BCUT2D eigenvalue weighted by Gasteiger charge is 2.36. The Morgan fingerprint density at radius 2 is 2.31 bits per heavy atom. The van der Waals surface area contributed by atoms with E-state index in [1.807, 2.05) is 24.3 Å². The van der Waals surface area contributed by atoms with Gasteiger partial charge in [0.1, 0.15) is 6.61 Å². The first-order valence-corrected chi connectivity index (χ1v) is 5.32. The van der Waals surface area contributed by atoms with Crippen molar-refractivity contribution in [2.75, 3.05) is 6.61 Å². The summed E-state index contributed by atoms with van der Waals surface area (Å²) < 4.78 is 10.6. The molecule has 2 rings (SSSR count). The number of carbonyl (C=O) groups is 1. The zero-order valence-electron chi connectivity index (χ0n) is 9.23. The molecule has 0 aliphatic carbocycles. The molecular formula is C12H15NO3. The number of rotatable bonds is 2. The molecule has 0 amide bonds. The average molecular weight is 221 g/mol. The quantitative estimate of drug-likeness (QED) is 0.603. The molecule has 86 valence electrons. The van der Waals surface area contributed by atoms with Gasteiger partial charge in [0.25, 0.3) is 0 Å². The van der Waals surface area contributed by atoms with E-state index in [1.54, 1.807) is 6.92 Å². The highest BCUT2D eigenvalue weighted by Crippen LogP contribution is 2.29. The molecule has 0 unspecified atom stereocenters. The molecule has 1 atom stereocenters. The van der Waals surface area contributed by atoms with E-state index in [0.29, 0.717) is 13.0 Å². The molecule has 1 aliphatic rings. The summed E-state index contributed by atoms with van der Waals surface area (Å²) in [7, 11) is 0. The van der Waals surface area contributed by atoms with Crippen molar-refractivity contribution in [1.29, 1.82) is 0 Å². The Hall–Kier alpha value is -1.39. The van der Waals surface area contributed by atoms with Crippen LogP contribution in [0, 0.1) is 0 Å². The van der Waals surface area contributed by atoms with E-state index in [9.17, 15) is 4.79 Å². The third-order valence-electron chi connectivity index (χ3n) is 2.63. The van der Waals surface area contributed by atoms with E-state index in [4.69, 9.17) is 15.2 Å². The van der Waals surface area contributed by atoms with Crippen molar-refractivity contribution in [1.82, 2.24) is 0 Å². The molecule has 16 heavy (non-hydrogen) atoms. The molecule has 1 heterocycles. The summed E-state index contributed by atoms with van der Waals surface area (Å²) in [5, 5.41) is 0. The van der Waals surface area contributed by atoms with Crippen molar-refractivity contribution in [3.05, 3.63) is 35.4 Å². The molecule has 1 aliphatic heterocycles. The summed E-state index contributed by atoms with van der Waals surface area (Å²) in [6.45, 7) is 2.45. The van der Waals surface area contributed by atoms with Gasteiger partial charge in [-0.2, -0.15) is 0 Å². The Labute approximate surface area is 94.3 Å². The second-order valence-electron chi connectivity index (χ2n) is 3.87. The first-order valence-electron chi connectivity index (χ1n) is 5.32. The van der Waals surface area contributed by atoms with Gasteiger partial charge in [0.05, 0.1) is 6.61 Å². The number of carbonyl (C=O) groups excluding carboxylic acids is 1. The number of hydrogen-bond donors (Lipinski definition) is 1. The van der Waals surface area contributed by atoms with Crippen LogP contribution in [0.25, 0.3) is 0 Å². The lowest BCUT2D eigenvalue weighted by Gasteiger charge is -2.34. The molecular weight excluding hydrogens is 206 g/mol. The molecule has 2 N–H and O–H groups in total. The van der Waals surface area contributed by atoms with E-state index < -0.39 is 5.72 Å². The first-order chi connectivity index (χ1) is 7.65. The van der Waals surface area contributed by atoms with E-state index in [1.165, 1.54) is 0 Å². The van der Waals surface area contributed by atoms with Crippen LogP contribution in [0.2, 0.25) is 0 Å². The first kappa shape index (κ1) is 11.1. The van der Waals surface area contributed by atoms with Gasteiger partial charge in [-0.15, -0.1) is 0 Å². The summed E-state index contributed by atoms with van der Waals surface area (Å²) in [6, 6.07) is 7.60. The van der Waals surface area contributed by atoms with Crippen LogP contribution < -0.4 is 5.73 Å². The lowest BCUT2D eigenvalue weighted by molar-refractivity contribution is -0.171. The summed E-state index contributed by atoms with van der Waals surface area (Å²) in [6.07, 6.45) is 0.307. The van der Waals surface area contributed by atoms with Crippen LogP contribution in [0.1, 0.15) is 24.5 Å². The Morgan fingerprint density at radius 1 is 1.56 bits per heavy atom. The highest BCUT2D eigenvalue weighted by atomic mass is 16.6. The fraction of sp³-hybridized carbons (Fsp3) is 0.417. The van der Waals surface area contributed by atoms with Crippen molar-refractivity contribution >= 4 is 5.97 Å². The fourth-order valence-corrected chi connectivity index (χ4v) is 1.81. The van der Waals surface area contributed by atoms with E-state index >= 15 is 0 Å². The normalized spacial score (nSPS) is 23.6. The van der Waals surface area contributed by atoms with Gasteiger partial charge in [-0.1, -0.05) is 31.2 Å². The van der Waals surface area contributed by atoms with Gasteiger partial charge >= 0.3 is 5.97 Å². The maximum absolute atomic E-state index is 11.3. The predicted molar refractivity (Wildman–Crippen MR) is 58.3 cm³/mol. The van der Waals surface area contributed by atoms with Gasteiger partial charge in [0.2, 0.25) is 5.72 Å². The van der Waals surface area contributed by atoms with Crippen molar-refractivity contribution in [2.24, 2.45) is 5.73 Å². The van der Waals surface area contributed by atoms with Gasteiger partial charge in [-0.05, 0) is 5.56 Å². The van der Waals surface area contributed by atoms with Gasteiger partial charge in [-0.3, -0.25) is 10.5 Å². The monoisotopic (exact) mass is 221 g/mol. The third kappa shape index (κ3) is 1.94. The number of ether oxygens (including phenoxy) is 2. The summed E-state index contributed by atoms with van der Waals surface area (Å²) >= 11 is 0. The van der Waals surface area contributed by atoms with E-state index in [-0.39, 0.29) is 12.6 Å². The van der Waals surface area contributed by atoms with Crippen molar-refractivity contribution in [3.8, 4) is 0 Å². The number of fused-ring (bicyclic) bond motifs is 1. The van der Waals surface area contributed by atoms with Crippen LogP contribution in [-0.2, 0) is 26.6 Å². The molecule has 0 bridgehead atoms. The van der Waals surface area contributed by atoms with Gasteiger partial charge in [0, 0.05) is 12.0 Å². The largest absolute Gasteiger partial charge is 0.437 e. The van der Waals surface area contributed by atoms with Crippen molar-refractivity contribution in [2.45, 2.75) is 25.7 Å². The Morgan fingerprint density at radius 3 is 3.06 bits per heavy atom. The van der Waals surface area contributed by atoms with Gasteiger partial charge in [-0.25, -0.2) is 0 Å². The standard InChI is InChI=1S/C12H15NO3/c1-2-11(14)16-12(13)8-15-7-9-5-3-4-6-10(9)12/h3-6H,2,7-8,13H2,1H3/t12-/m1/s1. The van der Waals surface area contributed by atoms with Crippen LogP contribution in [-0.4, -0.2) is 12.6 Å². The number of nitrogens with two attached hydrogens (primary N) is 1. The molecule has 0 saturated heterocycles. The Kier molecular flexibility index (Phi) is 2.94. The molecule has 4 heteroatoms. The van der Waals surface area contributed by atoms with Crippen LogP contribution in [0.15, 0.2) is 24.3 Å². The van der Waals surface area contributed by atoms with Crippen LogP contribution in [0.3, 0.4) is 0 Å². The van der Waals surface area contributed by atoms with Crippen LogP contribution in [0.4, 0.5) is 0 Å². The fourth-order valence-electron chi connectivity index (χ4n) is 1.81. The minimum atomic E-state index is -1.14. The maximum Gasteiger partial charge on any atom is 0.307 e. The van der Waals surface area contributed by atoms with E-state index in [2.05, 4.69) is 0 Å². The highest BCUT2D eigenvalue weighted by molar-refractivity contribution is 5.69. The van der Waals surface area contributed by atoms with Gasteiger partial charge < -0.3 is 9.47 Å². The SMILES string of the molecule is CCC(=O)O[C@]1(N)COCc2ccccc21. The van der Waals surface area contributed by atoms with Crippen molar-refractivity contribution in [3.63, 3.8) is 0 Å². The summed E-state index contributed by atoms with van der Waals surface area (Å²) in [4.78, 5) is 11.3.